The van der Waals surface area contributed by atoms with Crippen LogP contribution in [0.4, 0.5) is 10.1 Å². The number of hydrogen-bond donors (Lipinski definition) is 4. The van der Waals surface area contributed by atoms with Gasteiger partial charge >= 0.3 is 0 Å². The van der Waals surface area contributed by atoms with E-state index in [1.54, 1.807) is 6.07 Å². The SMILES string of the molecule is CC(C)(C)c1cccc(CN[C@H]2CS(=O)(=O)C[C@@H](Cc3cc(F)c(NCCNC4CC4)c(Cl)c3)[C@@H]2O)c1.Cl. The summed E-state index contributed by atoms with van der Waals surface area (Å²) < 4.78 is 40.3. The van der Waals surface area contributed by atoms with E-state index in [-0.39, 0.29) is 46.5 Å². The van der Waals surface area contributed by atoms with E-state index in [4.69, 9.17) is 11.6 Å². The molecule has 1 aliphatic carbocycles. The average Bonchev–Trinajstić information content (AvgIpc) is 3.63. The van der Waals surface area contributed by atoms with E-state index in [1.165, 1.54) is 24.5 Å². The molecule has 0 aromatic heterocycles. The van der Waals surface area contributed by atoms with Crippen molar-refractivity contribution < 1.29 is 17.9 Å². The zero-order chi connectivity index (χ0) is 26.8. The van der Waals surface area contributed by atoms with Crippen LogP contribution in [0.3, 0.4) is 0 Å². The van der Waals surface area contributed by atoms with E-state index < -0.39 is 33.7 Å². The average molecular weight is 589 g/mol. The Bertz CT molecular complexity index is 1180. The number of anilines is 1. The Morgan fingerprint density at radius 2 is 1.79 bits per heavy atom. The topological polar surface area (TPSA) is 90.5 Å². The summed E-state index contributed by atoms with van der Waals surface area (Å²) in [4.78, 5) is 0. The Morgan fingerprint density at radius 1 is 1.05 bits per heavy atom. The van der Waals surface area contributed by atoms with Crippen molar-refractivity contribution in [3.63, 3.8) is 0 Å². The first-order chi connectivity index (χ1) is 17.4. The lowest BCUT2D eigenvalue weighted by Gasteiger charge is -2.35. The van der Waals surface area contributed by atoms with Crippen LogP contribution in [0.15, 0.2) is 36.4 Å². The van der Waals surface area contributed by atoms with Crippen LogP contribution in [0.2, 0.25) is 5.02 Å². The van der Waals surface area contributed by atoms with E-state index >= 15 is 0 Å². The highest BCUT2D eigenvalue weighted by atomic mass is 35.5. The highest BCUT2D eigenvalue weighted by Gasteiger charge is 2.39. The van der Waals surface area contributed by atoms with Gasteiger partial charge < -0.3 is 21.1 Å². The van der Waals surface area contributed by atoms with Gasteiger partial charge in [0.2, 0.25) is 0 Å². The van der Waals surface area contributed by atoms with Gasteiger partial charge in [-0.1, -0.05) is 56.6 Å². The zero-order valence-electron chi connectivity index (χ0n) is 22.3. The monoisotopic (exact) mass is 587 g/mol. The molecule has 0 radical (unpaired) electrons. The fraction of sp³-hybridized carbons (Fsp3) is 0.571. The van der Waals surface area contributed by atoms with Crippen LogP contribution in [0.5, 0.6) is 0 Å². The summed E-state index contributed by atoms with van der Waals surface area (Å²) >= 11 is 6.37. The van der Waals surface area contributed by atoms with Crippen LogP contribution in [0.25, 0.3) is 0 Å². The molecule has 1 aliphatic heterocycles. The minimum absolute atomic E-state index is 0. The lowest BCUT2D eigenvalue weighted by molar-refractivity contribution is 0.0781. The molecule has 2 aromatic rings. The molecule has 0 spiro atoms. The van der Waals surface area contributed by atoms with Gasteiger partial charge in [-0.05, 0) is 53.5 Å². The second-order valence-corrected chi connectivity index (χ2v) is 14.1. The Labute approximate surface area is 237 Å². The molecule has 1 saturated carbocycles. The molecule has 212 valence electrons. The van der Waals surface area contributed by atoms with Gasteiger partial charge in [0.05, 0.1) is 28.3 Å². The molecule has 0 unspecified atom stereocenters. The molecule has 4 N–H and O–H groups in total. The smallest absolute Gasteiger partial charge is 0.152 e. The van der Waals surface area contributed by atoms with Crippen molar-refractivity contribution in [2.24, 2.45) is 5.92 Å². The minimum atomic E-state index is -3.38. The van der Waals surface area contributed by atoms with E-state index in [1.807, 2.05) is 12.1 Å². The van der Waals surface area contributed by atoms with Crippen LogP contribution in [-0.2, 0) is 28.2 Å². The zero-order valence-corrected chi connectivity index (χ0v) is 24.7. The maximum absolute atomic E-state index is 14.9. The van der Waals surface area contributed by atoms with E-state index in [0.29, 0.717) is 24.7 Å². The predicted molar refractivity (Wildman–Crippen MR) is 156 cm³/mol. The number of sulfone groups is 1. The number of aliphatic hydroxyl groups is 1. The van der Waals surface area contributed by atoms with Crippen LogP contribution < -0.4 is 16.0 Å². The van der Waals surface area contributed by atoms with E-state index in [0.717, 1.165) is 12.1 Å². The van der Waals surface area contributed by atoms with Gasteiger partial charge in [0.25, 0.3) is 0 Å². The van der Waals surface area contributed by atoms with Crippen molar-refractivity contribution >= 4 is 39.5 Å². The fourth-order valence-corrected chi connectivity index (χ4v) is 7.18. The summed E-state index contributed by atoms with van der Waals surface area (Å²) in [6.07, 6.45) is 1.71. The van der Waals surface area contributed by atoms with Gasteiger partial charge in [-0.15, -0.1) is 12.4 Å². The predicted octanol–water partition coefficient (Wildman–Crippen LogP) is 4.47. The van der Waals surface area contributed by atoms with Crippen molar-refractivity contribution in [3.05, 3.63) is 63.9 Å². The first-order valence-electron chi connectivity index (χ1n) is 13.1. The third-order valence-electron chi connectivity index (χ3n) is 7.20. The fourth-order valence-electron chi connectivity index (χ4n) is 4.92. The lowest BCUT2D eigenvalue weighted by Crippen LogP contribution is -2.54. The van der Waals surface area contributed by atoms with Gasteiger partial charge in [-0.25, -0.2) is 12.8 Å². The highest BCUT2D eigenvalue weighted by Crippen LogP contribution is 2.30. The molecule has 1 heterocycles. The second-order valence-electron chi connectivity index (χ2n) is 11.6. The number of nitrogens with one attached hydrogen (secondary N) is 3. The van der Waals surface area contributed by atoms with Gasteiger partial charge in [-0.3, -0.25) is 0 Å². The summed E-state index contributed by atoms with van der Waals surface area (Å²) in [6.45, 7) is 8.16. The molecular weight excluding hydrogens is 548 g/mol. The maximum atomic E-state index is 14.9. The van der Waals surface area contributed by atoms with Crippen LogP contribution in [0.1, 0.15) is 50.3 Å². The summed E-state index contributed by atoms with van der Waals surface area (Å²) in [5.74, 6) is -1.31. The van der Waals surface area contributed by atoms with Crippen molar-refractivity contribution in [2.45, 2.75) is 70.2 Å². The molecule has 3 atom stereocenters. The summed E-state index contributed by atoms with van der Waals surface area (Å²) in [5.41, 5.74) is 3.05. The van der Waals surface area contributed by atoms with Gasteiger partial charge in [-0.2, -0.15) is 0 Å². The lowest BCUT2D eigenvalue weighted by atomic mass is 9.86. The Kier molecular flexibility index (Phi) is 10.5. The van der Waals surface area contributed by atoms with Crippen molar-refractivity contribution in [1.29, 1.82) is 0 Å². The summed E-state index contributed by atoms with van der Waals surface area (Å²) in [6, 6.07) is 11.2. The summed E-state index contributed by atoms with van der Waals surface area (Å²) in [7, 11) is -3.38. The molecular formula is C28H40Cl2FN3O3S. The number of rotatable bonds is 10. The van der Waals surface area contributed by atoms with Crippen LogP contribution in [0, 0.1) is 11.7 Å². The standard InChI is InChI=1S/C28H39ClFN3O3S.ClH/c1-28(2,3)21-6-4-5-18(12-21)15-33-25-17-37(35,36)16-20(27(25)34)11-19-13-23(29)26(24(30)14-19)32-10-9-31-22-7-8-22;/h4-6,12-14,20,22,25,27,31-34H,7-11,15-17H2,1-3H3;1H/t20-,25+,27+;/m1./s1. The summed E-state index contributed by atoms with van der Waals surface area (Å²) in [5, 5.41) is 21.0. The van der Waals surface area contributed by atoms with Crippen molar-refractivity contribution in [1.82, 2.24) is 10.6 Å². The van der Waals surface area contributed by atoms with E-state index in [2.05, 4.69) is 48.9 Å². The molecule has 10 heteroatoms. The number of halogens is 3. The Morgan fingerprint density at radius 3 is 2.45 bits per heavy atom. The second kappa shape index (κ2) is 12.8. The highest BCUT2D eigenvalue weighted by molar-refractivity contribution is 7.91. The Balaban J connectivity index is 0.00000400. The van der Waals surface area contributed by atoms with Gasteiger partial charge in [0.1, 0.15) is 5.82 Å². The number of aliphatic hydroxyl groups excluding tert-OH is 1. The third kappa shape index (κ3) is 8.54. The van der Waals surface area contributed by atoms with Crippen LogP contribution in [-0.4, -0.2) is 56.3 Å². The molecule has 2 aliphatic rings. The Hall–Kier alpha value is -1.42. The molecule has 38 heavy (non-hydrogen) atoms. The van der Waals surface area contributed by atoms with Gasteiger partial charge in [0, 0.05) is 37.6 Å². The largest absolute Gasteiger partial charge is 0.391 e. The quantitative estimate of drug-likeness (QED) is 0.307. The van der Waals surface area contributed by atoms with E-state index in [9.17, 15) is 17.9 Å². The minimum Gasteiger partial charge on any atom is -0.391 e. The number of benzene rings is 2. The normalized spacial score (nSPS) is 23.1. The molecule has 0 amide bonds. The maximum Gasteiger partial charge on any atom is 0.152 e. The molecule has 2 fully saturated rings. The van der Waals surface area contributed by atoms with Crippen molar-refractivity contribution in [3.8, 4) is 0 Å². The van der Waals surface area contributed by atoms with Crippen molar-refractivity contribution in [2.75, 3.05) is 29.9 Å². The molecule has 2 aromatic carbocycles. The molecule has 0 bridgehead atoms. The van der Waals surface area contributed by atoms with Crippen LogP contribution >= 0.6 is 24.0 Å². The molecule has 6 nitrogen and oxygen atoms in total. The first kappa shape index (κ1) is 31.1. The first-order valence-corrected chi connectivity index (χ1v) is 15.3. The van der Waals surface area contributed by atoms with Gasteiger partial charge in [0.15, 0.2) is 9.84 Å². The molecule has 1 saturated heterocycles. The molecule has 4 rings (SSSR count). The third-order valence-corrected chi connectivity index (χ3v) is 9.30. The number of hydrogen-bond acceptors (Lipinski definition) is 6.